The molecule has 2 rings (SSSR count). The van der Waals surface area contributed by atoms with Crippen molar-refractivity contribution < 1.29 is 9.13 Å². The minimum Gasteiger partial charge on any atom is -0.489 e. The Kier molecular flexibility index (Phi) is 4.97. The first-order valence-electron chi connectivity index (χ1n) is 7.14. The van der Waals surface area contributed by atoms with E-state index in [-0.39, 0.29) is 18.0 Å². The fourth-order valence-electron chi connectivity index (χ4n) is 1.89. The van der Waals surface area contributed by atoms with Crippen LogP contribution in [0.15, 0.2) is 48.5 Å². The van der Waals surface area contributed by atoms with E-state index in [9.17, 15) is 4.39 Å². The van der Waals surface area contributed by atoms with Crippen molar-refractivity contribution in [1.82, 2.24) is 5.32 Å². The molecule has 0 saturated carbocycles. The fourth-order valence-corrected chi connectivity index (χ4v) is 1.89. The predicted octanol–water partition coefficient (Wildman–Crippen LogP) is 4.29. The van der Waals surface area contributed by atoms with Gasteiger partial charge in [0.15, 0.2) is 0 Å². The molecule has 2 aromatic carbocycles. The quantitative estimate of drug-likeness (QED) is 0.885. The van der Waals surface area contributed by atoms with Crippen LogP contribution in [0.4, 0.5) is 4.39 Å². The van der Waals surface area contributed by atoms with Crippen LogP contribution in [0.25, 0.3) is 0 Å². The van der Waals surface area contributed by atoms with E-state index >= 15 is 0 Å². The highest BCUT2D eigenvalue weighted by Crippen LogP contribution is 2.16. The Balaban J connectivity index is 2.02. The van der Waals surface area contributed by atoms with Gasteiger partial charge in [0, 0.05) is 17.6 Å². The number of rotatable bonds is 5. The zero-order valence-corrected chi connectivity index (χ0v) is 12.8. The lowest BCUT2D eigenvalue weighted by Crippen LogP contribution is -2.35. The van der Waals surface area contributed by atoms with Crippen molar-refractivity contribution in [3.63, 3.8) is 0 Å². The summed E-state index contributed by atoms with van der Waals surface area (Å²) in [4.78, 5) is 0. The lowest BCUT2D eigenvalue weighted by molar-refractivity contribution is 0.299. The molecule has 0 heterocycles. The van der Waals surface area contributed by atoms with Gasteiger partial charge in [-0.1, -0.05) is 24.3 Å². The Hall–Kier alpha value is -1.87. The highest BCUT2D eigenvalue weighted by atomic mass is 19.1. The van der Waals surface area contributed by atoms with E-state index in [2.05, 4.69) is 26.1 Å². The van der Waals surface area contributed by atoms with Gasteiger partial charge >= 0.3 is 0 Å². The van der Waals surface area contributed by atoms with Crippen LogP contribution >= 0.6 is 0 Å². The molecule has 0 radical (unpaired) electrons. The van der Waals surface area contributed by atoms with Crippen LogP contribution in [0.2, 0.25) is 0 Å². The van der Waals surface area contributed by atoms with Crippen LogP contribution in [-0.2, 0) is 13.2 Å². The standard InChI is InChI=1S/C18H22FNO/c1-18(2,3)20-12-14-9-10-17(19)15(11-14)13-21-16-7-5-4-6-8-16/h4-11,20H,12-13H2,1-3H3. The van der Waals surface area contributed by atoms with Gasteiger partial charge in [-0.25, -0.2) is 4.39 Å². The second kappa shape index (κ2) is 6.72. The molecule has 0 saturated heterocycles. The predicted molar refractivity (Wildman–Crippen MR) is 83.8 cm³/mol. The van der Waals surface area contributed by atoms with Crippen LogP contribution in [0, 0.1) is 5.82 Å². The Morgan fingerprint density at radius 3 is 2.43 bits per heavy atom. The maximum absolute atomic E-state index is 13.8. The summed E-state index contributed by atoms with van der Waals surface area (Å²) in [5, 5.41) is 3.40. The average molecular weight is 287 g/mol. The van der Waals surface area contributed by atoms with Crippen molar-refractivity contribution in [1.29, 1.82) is 0 Å². The van der Waals surface area contributed by atoms with Gasteiger partial charge in [-0.15, -0.1) is 0 Å². The van der Waals surface area contributed by atoms with E-state index in [1.54, 1.807) is 6.07 Å². The number of benzene rings is 2. The van der Waals surface area contributed by atoms with E-state index < -0.39 is 0 Å². The Bertz CT molecular complexity index is 576. The van der Waals surface area contributed by atoms with Crippen molar-refractivity contribution in [2.24, 2.45) is 0 Å². The fraction of sp³-hybridized carbons (Fsp3) is 0.333. The number of para-hydroxylation sites is 1. The van der Waals surface area contributed by atoms with Crippen LogP contribution in [0.3, 0.4) is 0 Å². The van der Waals surface area contributed by atoms with Gasteiger partial charge in [-0.05, 0) is 50.6 Å². The first kappa shape index (κ1) is 15.5. The normalized spacial score (nSPS) is 11.4. The minimum absolute atomic E-state index is 0.0368. The third-order valence-corrected chi connectivity index (χ3v) is 3.07. The Morgan fingerprint density at radius 1 is 1.05 bits per heavy atom. The monoisotopic (exact) mass is 287 g/mol. The first-order chi connectivity index (χ1) is 9.94. The van der Waals surface area contributed by atoms with Gasteiger partial charge in [0.2, 0.25) is 0 Å². The number of ether oxygens (including phenoxy) is 1. The Morgan fingerprint density at radius 2 is 1.76 bits per heavy atom. The highest BCUT2D eigenvalue weighted by Gasteiger charge is 2.10. The molecule has 0 bridgehead atoms. The summed E-state index contributed by atoms with van der Waals surface area (Å²) in [7, 11) is 0. The zero-order chi connectivity index (χ0) is 15.3. The van der Waals surface area contributed by atoms with Crippen molar-refractivity contribution >= 4 is 0 Å². The third kappa shape index (κ3) is 5.20. The van der Waals surface area contributed by atoms with Gasteiger partial charge in [0.05, 0.1) is 0 Å². The second-order valence-electron chi connectivity index (χ2n) is 6.13. The maximum Gasteiger partial charge on any atom is 0.129 e. The smallest absolute Gasteiger partial charge is 0.129 e. The van der Waals surface area contributed by atoms with Crippen molar-refractivity contribution in [2.45, 2.75) is 39.5 Å². The second-order valence-corrected chi connectivity index (χ2v) is 6.13. The van der Waals surface area contributed by atoms with Gasteiger partial charge in [0.25, 0.3) is 0 Å². The molecule has 3 heteroatoms. The summed E-state index contributed by atoms with van der Waals surface area (Å²) in [5.41, 5.74) is 1.67. The third-order valence-electron chi connectivity index (χ3n) is 3.07. The van der Waals surface area contributed by atoms with Crippen molar-refractivity contribution in [3.8, 4) is 5.75 Å². The molecule has 0 unspecified atom stereocenters. The van der Waals surface area contributed by atoms with Gasteiger partial charge < -0.3 is 10.1 Å². The lowest BCUT2D eigenvalue weighted by atomic mass is 10.1. The summed E-state index contributed by atoms with van der Waals surface area (Å²) in [5.74, 6) is 0.514. The molecule has 0 aliphatic rings. The number of halogens is 1. The largest absolute Gasteiger partial charge is 0.489 e. The van der Waals surface area contributed by atoms with Gasteiger partial charge in [0.1, 0.15) is 18.2 Å². The molecule has 2 aromatic rings. The maximum atomic E-state index is 13.8. The molecule has 0 aliphatic heterocycles. The number of hydrogen-bond donors (Lipinski definition) is 1. The van der Waals surface area contributed by atoms with Gasteiger partial charge in [-0.3, -0.25) is 0 Å². The molecule has 0 atom stereocenters. The van der Waals surface area contributed by atoms with Crippen LogP contribution in [-0.4, -0.2) is 5.54 Å². The molecule has 0 spiro atoms. The molecular formula is C18H22FNO. The van der Waals surface area contributed by atoms with E-state index in [0.717, 1.165) is 11.3 Å². The van der Waals surface area contributed by atoms with E-state index in [1.165, 1.54) is 6.07 Å². The SMILES string of the molecule is CC(C)(C)NCc1ccc(F)c(COc2ccccc2)c1. The van der Waals surface area contributed by atoms with E-state index in [0.29, 0.717) is 12.1 Å². The van der Waals surface area contributed by atoms with Crippen LogP contribution < -0.4 is 10.1 Å². The highest BCUT2D eigenvalue weighted by molar-refractivity contribution is 5.26. The van der Waals surface area contributed by atoms with Gasteiger partial charge in [-0.2, -0.15) is 0 Å². The van der Waals surface area contributed by atoms with E-state index in [1.807, 2.05) is 36.4 Å². The minimum atomic E-state index is -0.231. The van der Waals surface area contributed by atoms with Crippen molar-refractivity contribution in [3.05, 3.63) is 65.5 Å². The molecule has 0 amide bonds. The number of hydrogen-bond acceptors (Lipinski definition) is 2. The molecule has 0 aliphatic carbocycles. The summed E-state index contributed by atoms with van der Waals surface area (Å²) >= 11 is 0. The molecule has 1 N–H and O–H groups in total. The van der Waals surface area contributed by atoms with Crippen molar-refractivity contribution in [2.75, 3.05) is 0 Å². The van der Waals surface area contributed by atoms with E-state index in [4.69, 9.17) is 4.74 Å². The zero-order valence-electron chi connectivity index (χ0n) is 12.8. The average Bonchev–Trinajstić information content (AvgIpc) is 2.45. The summed E-state index contributed by atoms with van der Waals surface area (Å²) in [6, 6.07) is 14.6. The Labute approximate surface area is 126 Å². The molecular weight excluding hydrogens is 265 g/mol. The van der Waals surface area contributed by atoms with Crippen LogP contribution in [0.5, 0.6) is 5.75 Å². The summed E-state index contributed by atoms with van der Waals surface area (Å²) in [6.45, 7) is 7.27. The lowest BCUT2D eigenvalue weighted by Gasteiger charge is -2.20. The molecule has 0 fully saturated rings. The topological polar surface area (TPSA) is 21.3 Å². The molecule has 21 heavy (non-hydrogen) atoms. The first-order valence-corrected chi connectivity index (χ1v) is 7.14. The van der Waals surface area contributed by atoms with Crippen LogP contribution in [0.1, 0.15) is 31.9 Å². The number of nitrogens with one attached hydrogen (secondary N) is 1. The summed E-state index contributed by atoms with van der Waals surface area (Å²) < 4.78 is 19.5. The summed E-state index contributed by atoms with van der Waals surface area (Å²) in [6.07, 6.45) is 0. The molecule has 112 valence electrons. The molecule has 2 nitrogen and oxygen atoms in total. The molecule has 0 aromatic heterocycles.